The summed E-state index contributed by atoms with van der Waals surface area (Å²) < 4.78 is 10.5. The van der Waals surface area contributed by atoms with Crippen molar-refractivity contribution >= 4 is 5.97 Å². The van der Waals surface area contributed by atoms with E-state index < -0.39 is 18.4 Å². The Hall–Kier alpha value is -1.39. The van der Waals surface area contributed by atoms with Crippen LogP contribution in [0.3, 0.4) is 0 Å². The largest absolute Gasteiger partial charge is 0.479 e. The van der Waals surface area contributed by atoms with Crippen molar-refractivity contribution < 1.29 is 19.4 Å². The Morgan fingerprint density at radius 3 is 2.53 bits per heavy atom. The Labute approximate surface area is 101 Å². The highest BCUT2D eigenvalue weighted by molar-refractivity contribution is 5.72. The minimum atomic E-state index is -0.972. The molecule has 0 saturated carbocycles. The standard InChI is InChI=1S/C13H18O4/c1-3-16-10(2)17-12(13(14)15)9-11-7-5-4-6-8-11/h4-8,10,12H,3,9H2,1-2H3,(H,14,15). The van der Waals surface area contributed by atoms with Crippen LogP contribution in [0.15, 0.2) is 30.3 Å². The average Bonchev–Trinajstić information content (AvgIpc) is 2.29. The SMILES string of the molecule is CCOC(C)OC(Cc1ccccc1)C(=O)O. The maximum absolute atomic E-state index is 11.1. The zero-order valence-electron chi connectivity index (χ0n) is 10.1. The summed E-state index contributed by atoms with van der Waals surface area (Å²) in [7, 11) is 0. The number of benzene rings is 1. The van der Waals surface area contributed by atoms with Crippen LogP contribution in [0, 0.1) is 0 Å². The summed E-state index contributed by atoms with van der Waals surface area (Å²) >= 11 is 0. The summed E-state index contributed by atoms with van der Waals surface area (Å²) in [6.07, 6.45) is -1.04. The van der Waals surface area contributed by atoms with Crippen LogP contribution in [0.1, 0.15) is 19.4 Å². The van der Waals surface area contributed by atoms with Crippen molar-refractivity contribution in [2.24, 2.45) is 0 Å². The molecular weight excluding hydrogens is 220 g/mol. The molecule has 0 aliphatic rings. The molecule has 1 rings (SSSR count). The Morgan fingerprint density at radius 2 is 2.00 bits per heavy atom. The first-order valence-corrected chi connectivity index (χ1v) is 5.67. The number of carboxylic acids is 1. The minimum absolute atomic E-state index is 0.341. The lowest BCUT2D eigenvalue weighted by molar-refractivity contribution is -0.182. The number of ether oxygens (including phenoxy) is 2. The van der Waals surface area contributed by atoms with Crippen LogP contribution in [-0.2, 0) is 20.7 Å². The van der Waals surface area contributed by atoms with Gasteiger partial charge >= 0.3 is 5.97 Å². The zero-order chi connectivity index (χ0) is 12.7. The van der Waals surface area contributed by atoms with Crippen LogP contribution >= 0.6 is 0 Å². The highest BCUT2D eigenvalue weighted by Gasteiger charge is 2.21. The number of aliphatic carboxylic acids is 1. The molecule has 4 heteroatoms. The van der Waals surface area contributed by atoms with E-state index >= 15 is 0 Å². The van der Waals surface area contributed by atoms with Gasteiger partial charge in [-0.2, -0.15) is 0 Å². The van der Waals surface area contributed by atoms with E-state index in [1.165, 1.54) is 0 Å². The average molecular weight is 238 g/mol. The molecule has 2 unspecified atom stereocenters. The second-order valence-corrected chi connectivity index (χ2v) is 3.68. The molecule has 0 spiro atoms. The maximum atomic E-state index is 11.1. The number of rotatable bonds is 7. The Bertz CT molecular complexity index is 337. The van der Waals surface area contributed by atoms with Crippen LogP contribution in [-0.4, -0.2) is 30.1 Å². The lowest BCUT2D eigenvalue weighted by atomic mass is 10.1. The van der Waals surface area contributed by atoms with Crippen LogP contribution in [0.25, 0.3) is 0 Å². The van der Waals surface area contributed by atoms with Crippen molar-refractivity contribution in [1.82, 2.24) is 0 Å². The van der Waals surface area contributed by atoms with E-state index in [0.29, 0.717) is 13.0 Å². The van der Waals surface area contributed by atoms with Crippen LogP contribution in [0.4, 0.5) is 0 Å². The topological polar surface area (TPSA) is 55.8 Å². The van der Waals surface area contributed by atoms with Gasteiger partial charge in [-0.05, 0) is 19.4 Å². The summed E-state index contributed by atoms with van der Waals surface area (Å²) in [4.78, 5) is 11.1. The lowest BCUT2D eigenvalue weighted by Crippen LogP contribution is -2.31. The van der Waals surface area contributed by atoms with E-state index in [4.69, 9.17) is 14.6 Å². The fraction of sp³-hybridized carbons (Fsp3) is 0.462. The maximum Gasteiger partial charge on any atom is 0.333 e. The monoisotopic (exact) mass is 238 g/mol. The van der Waals surface area contributed by atoms with E-state index in [1.807, 2.05) is 37.3 Å². The third kappa shape index (κ3) is 4.97. The second-order valence-electron chi connectivity index (χ2n) is 3.68. The van der Waals surface area contributed by atoms with Gasteiger partial charge in [-0.1, -0.05) is 30.3 Å². The van der Waals surface area contributed by atoms with Crippen molar-refractivity contribution in [3.05, 3.63) is 35.9 Å². The molecular formula is C13H18O4. The van der Waals surface area contributed by atoms with E-state index in [-0.39, 0.29) is 0 Å². The predicted molar refractivity (Wildman–Crippen MR) is 63.7 cm³/mol. The number of hydrogen-bond acceptors (Lipinski definition) is 3. The smallest absolute Gasteiger partial charge is 0.333 e. The third-order valence-corrected chi connectivity index (χ3v) is 2.30. The highest BCUT2D eigenvalue weighted by Crippen LogP contribution is 2.09. The van der Waals surface area contributed by atoms with Gasteiger partial charge in [0, 0.05) is 13.0 Å². The molecule has 0 fully saturated rings. The molecule has 0 amide bonds. The van der Waals surface area contributed by atoms with Crippen molar-refractivity contribution in [2.45, 2.75) is 32.7 Å². The minimum Gasteiger partial charge on any atom is -0.479 e. The molecule has 2 atom stereocenters. The first-order valence-electron chi connectivity index (χ1n) is 5.67. The fourth-order valence-corrected chi connectivity index (χ4v) is 1.53. The molecule has 0 aromatic heterocycles. The third-order valence-electron chi connectivity index (χ3n) is 2.30. The predicted octanol–water partition coefficient (Wildman–Crippen LogP) is 2.08. The highest BCUT2D eigenvalue weighted by atomic mass is 16.7. The molecule has 0 aliphatic heterocycles. The molecule has 0 saturated heterocycles. The van der Waals surface area contributed by atoms with Crippen LogP contribution < -0.4 is 0 Å². The molecule has 4 nitrogen and oxygen atoms in total. The van der Waals surface area contributed by atoms with Crippen LogP contribution in [0.5, 0.6) is 0 Å². The Morgan fingerprint density at radius 1 is 1.35 bits per heavy atom. The summed E-state index contributed by atoms with van der Waals surface area (Å²) in [5, 5.41) is 9.07. The quantitative estimate of drug-likeness (QED) is 0.739. The van der Waals surface area contributed by atoms with Gasteiger partial charge in [0.25, 0.3) is 0 Å². The summed E-state index contributed by atoms with van der Waals surface area (Å²) in [6.45, 7) is 4.04. The van der Waals surface area contributed by atoms with E-state index in [0.717, 1.165) is 5.56 Å². The summed E-state index contributed by atoms with van der Waals surface area (Å²) in [5.41, 5.74) is 0.934. The van der Waals surface area contributed by atoms with Gasteiger partial charge in [0.1, 0.15) is 0 Å². The first-order chi connectivity index (χ1) is 8.13. The van der Waals surface area contributed by atoms with Crippen molar-refractivity contribution in [3.63, 3.8) is 0 Å². The van der Waals surface area contributed by atoms with Gasteiger partial charge in [-0.3, -0.25) is 0 Å². The molecule has 1 aromatic rings. The van der Waals surface area contributed by atoms with Gasteiger partial charge in [-0.25, -0.2) is 4.79 Å². The molecule has 94 valence electrons. The molecule has 17 heavy (non-hydrogen) atoms. The van der Waals surface area contributed by atoms with Crippen molar-refractivity contribution in [1.29, 1.82) is 0 Å². The summed E-state index contributed by atoms with van der Waals surface area (Å²) in [5.74, 6) is -0.972. The van der Waals surface area contributed by atoms with E-state index in [1.54, 1.807) is 6.92 Å². The fourth-order valence-electron chi connectivity index (χ4n) is 1.53. The molecule has 1 aromatic carbocycles. The Kier molecular flexibility index (Phi) is 5.66. The van der Waals surface area contributed by atoms with Gasteiger partial charge < -0.3 is 14.6 Å². The van der Waals surface area contributed by atoms with Gasteiger partial charge in [-0.15, -0.1) is 0 Å². The normalized spacial score (nSPS) is 14.2. The lowest BCUT2D eigenvalue weighted by Gasteiger charge is -2.19. The summed E-state index contributed by atoms with van der Waals surface area (Å²) in [6, 6.07) is 9.40. The van der Waals surface area contributed by atoms with Crippen LogP contribution in [0.2, 0.25) is 0 Å². The van der Waals surface area contributed by atoms with E-state index in [2.05, 4.69) is 0 Å². The molecule has 0 aliphatic carbocycles. The van der Waals surface area contributed by atoms with Crippen molar-refractivity contribution in [3.8, 4) is 0 Å². The zero-order valence-corrected chi connectivity index (χ0v) is 10.1. The van der Waals surface area contributed by atoms with E-state index in [9.17, 15) is 4.79 Å². The molecule has 0 heterocycles. The first kappa shape index (κ1) is 13.7. The molecule has 0 radical (unpaired) electrons. The van der Waals surface area contributed by atoms with Crippen molar-refractivity contribution in [2.75, 3.05) is 6.61 Å². The molecule has 0 bridgehead atoms. The van der Waals surface area contributed by atoms with Gasteiger partial charge in [0.2, 0.25) is 0 Å². The molecule has 1 N–H and O–H groups in total. The second kappa shape index (κ2) is 7.04. The number of carbonyl (C=O) groups is 1. The number of carboxylic acid groups (broad SMARTS) is 1. The van der Waals surface area contributed by atoms with Gasteiger partial charge in [0.15, 0.2) is 12.4 Å². The Balaban J connectivity index is 2.58. The number of hydrogen-bond donors (Lipinski definition) is 1. The van der Waals surface area contributed by atoms with Gasteiger partial charge in [0.05, 0.1) is 0 Å².